The van der Waals surface area contributed by atoms with Crippen molar-refractivity contribution in [3.8, 4) is 6.07 Å². The van der Waals surface area contributed by atoms with E-state index in [0.29, 0.717) is 0 Å². The number of rotatable bonds is 1. The molecule has 0 aromatic heterocycles. The van der Waals surface area contributed by atoms with Crippen LogP contribution in [0.25, 0.3) is 0 Å². The van der Waals surface area contributed by atoms with Crippen LogP contribution < -0.4 is 0 Å². The van der Waals surface area contributed by atoms with Crippen LogP contribution in [0.1, 0.15) is 0 Å². The number of carbonyl (C=O) groups is 1. The molecule has 0 bridgehead atoms. The first-order valence-corrected chi connectivity index (χ1v) is 1.50. The third-order valence-electron chi connectivity index (χ3n) is 0.393. The van der Waals surface area contributed by atoms with Crippen LogP contribution in [0.3, 0.4) is 0 Å². The molecule has 0 rings (SSSR count). The van der Waals surface area contributed by atoms with Gasteiger partial charge in [0.1, 0.15) is 11.6 Å². The second-order valence-corrected chi connectivity index (χ2v) is 0.896. The van der Waals surface area contributed by atoms with Crippen LogP contribution in [-0.4, -0.2) is 11.1 Å². The van der Waals surface area contributed by atoms with Crippen LogP contribution in [0.15, 0.2) is 12.2 Å². The van der Waals surface area contributed by atoms with Crippen LogP contribution in [-0.2, 0) is 4.79 Å². The van der Waals surface area contributed by atoms with Crippen molar-refractivity contribution in [3.63, 3.8) is 0 Å². The highest BCUT2D eigenvalue weighted by molar-refractivity contribution is 5.90. The zero-order valence-corrected chi connectivity index (χ0v) is 4.01. The molecule has 8 heavy (non-hydrogen) atoms. The van der Waals surface area contributed by atoms with Gasteiger partial charge in [-0.15, -0.1) is 0 Å². The fourth-order valence-corrected chi connectivity index (χ4v) is 0.0478. The molecule has 0 amide bonds. The summed E-state index contributed by atoms with van der Waals surface area (Å²) in [6, 6.07) is 1.37. The van der Waals surface area contributed by atoms with Crippen LogP contribution in [0, 0.1) is 18.8 Å². The van der Waals surface area contributed by atoms with E-state index >= 15 is 0 Å². The number of nitriles is 1. The van der Waals surface area contributed by atoms with E-state index in [2.05, 4.69) is 6.58 Å². The molecule has 0 heterocycles. The number of hydrogen-bond donors (Lipinski definition) is 1. The number of aliphatic carboxylic acids is 1. The molecule has 3 heteroatoms. The first-order chi connectivity index (χ1) is 3.18. The highest BCUT2D eigenvalue weighted by atomic mass is 16.4. The first-order valence-electron chi connectivity index (χ1n) is 1.50. The first kappa shape index (κ1) is 9.85. The third kappa shape index (κ3) is 2.91. The highest BCUT2D eigenvalue weighted by Crippen LogP contribution is 1.81. The van der Waals surface area contributed by atoms with Crippen molar-refractivity contribution in [1.29, 1.82) is 5.26 Å². The lowest BCUT2D eigenvalue weighted by Crippen LogP contribution is -1.94. The van der Waals surface area contributed by atoms with E-state index in [1.165, 1.54) is 6.07 Å². The fraction of sp³-hybridized carbons (Fsp3) is 0. The van der Waals surface area contributed by atoms with E-state index in [1.807, 2.05) is 0 Å². The van der Waals surface area contributed by atoms with E-state index in [0.717, 1.165) is 0 Å². The Morgan fingerprint density at radius 1 is 1.75 bits per heavy atom. The standard InChI is InChI=1S/C4H3NO2.C/c1-3(2-5)4(6)7;/h1H2,(H,6,7);. The summed E-state index contributed by atoms with van der Waals surface area (Å²) in [6.07, 6.45) is 0. The Morgan fingerprint density at radius 2 is 2.12 bits per heavy atom. The minimum absolute atomic E-state index is 0. The summed E-state index contributed by atoms with van der Waals surface area (Å²) < 4.78 is 0. The second kappa shape index (κ2) is 3.88. The summed E-state index contributed by atoms with van der Waals surface area (Å²) in [6.45, 7) is 2.91. The Kier molecular flexibility index (Phi) is 4.77. The van der Waals surface area contributed by atoms with E-state index < -0.39 is 11.5 Å². The lowest BCUT2D eigenvalue weighted by atomic mass is 10.4. The molecule has 40 valence electrons. The molecule has 0 aromatic rings. The van der Waals surface area contributed by atoms with Crippen LogP contribution in [0.5, 0.6) is 0 Å². The Hall–Kier alpha value is -1.30. The Morgan fingerprint density at radius 3 is 2.12 bits per heavy atom. The molecular formula is C5H3NO2. The van der Waals surface area contributed by atoms with Crippen LogP contribution in [0.2, 0.25) is 0 Å². The largest absolute Gasteiger partial charge is 0.477 e. The average molecular weight is 109 g/mol. The fourth-order valence-electron chi connectivity index (χ4n) is 0.0478. The summed E-state index contributed by atoms with van der Waals surface area (Å²) >= 11 is 0. The maximum Gasteiger partial charge on any atom is 0.345 e. The summed E-state index contributed by atoms with van der Waals surface area (Å²) in [5.41, 5.74) is -0.431. The topological polar surface area (TPSA) is 61.1 Å². The quantitative estimate of drug-likeness (QED) is 0.387. The maximum atomic E-state index is 9.61. The van der Waals surface area contributed by atoms with E-state index in [4.69, 9.17) is 10.4 Å². The van der Waals surface area contributed by atoms with Crippen molar-refractivity contribution in [3.05, 3.63) is 19.6 Å². The number of carboxylic acid groups (broad SMARTS) is 1. The van der Waals surface area contributed by atoms with Crippen LogP contribution in [0.4, 0.5) is 0 Å². The van der Waals surface area contributed by atoms with Gasteiger partial charge in [-0.1, -0.05) is 6.58 Å². The molecule has 4 radical (unpaired) electrons. The molecule has 0 saturated carbocycles. The Bertz CT molecular complexity index is 143. The normalized spacial score (nSPS) is 5.88. The summed E-state index contributed by atoms with van der Waals surface area (Å²) in [7, 11) is 0. The lowest BCUT2D eigenvalue weighted by molar-refractivity contribution is -0.132. The average Bonchev–Trinajstić information content (AvgIpc) is 1.65. The van der Waals surface area contributed by atoms with Gasteiger partial charge in [0.25, 0.3) is 0 Å². The molecule has 0 saturated heterocycles. The van der Waals surface area contributed by atoms with E-state index in [9.17, 15) is 4.79 Å². The van der Waals surface area contributed by atoms with Crippen molar-refractivity contribution in [2.24, 2.45) is 0 Å². The summed E-state index contributed by atoms with van der Waals surface area (Å²) in [5, 5.41) is 15.6. The smallest absolute Gasteiger partial charge is 0.345 e. The molecule has 0 aromatic carbocycles. The van der Waals surface area contributed by atoms with Gasteiger partial charge in [-0.25, -0.2) is 4.79 Å². The zero-order valence-electron chi connectivity index (χ0n) is 4.01. The monoisotopic (exact) mass is 109 g/mol. The highest BCUT2D eigenvalue weighted by Gasteiger charge is 1.97. The third-order valence-corrected chi connectivity index (χ3v) is 0.393. The summed E-state index contributed by atoms with van der Waals surface area (Å²) in [4.78, 5) is 9.61. The molecule has 0 spiro atoms. The number of hydrogen-bond acceptors (Lipinski definition) is 2. The van der Waals surface area contributed by atoms with Gasteiger partial charge < -0.3 is 5.11 Å². The second-order valence-electron chi connectivity index (χ2n) is 0.896. The molecule has 3 nitrogen and oxygen atoms in total. The van der Waals surface area contributed by atoms with Gasteiger partial charge in [-0.2, -0.15) is 5.26 Å². The summed E-state index contributed by atoms with van der Waals surface area (Å²) in [5.74, 6) is -1.26. The van der Waals surface area contributed by atoms with Gasteiger partial charge >= 0.3 is 5.97 Å². The Balaban J connectivity index is 0. The number of carboxylic acids is 1. The molecule has 0 aliphatic carbocycles. The van der Waals surface area contributed by atoms with Gasteiger partial charge in [0.05, 0.1) is 0 Å². The van der Waals surface area contributed by atoms with Gasteiger partial charge in [-0.05, 0) is 0 Å². The van der Waals surface area contributed by atoms with Crippen molar-refractivity contribution >= 4 is 5.97 Å². The van der Waals surface area contributed by atoms with Gasteiger partial charge in [0.2, 0.25) is 0 Å². The van der Waals surface area contributed by atoms with Gasteiger partial charge in [0.15, 0.2) is 0 Å². The van der Waals surface area contributed by atoms with Gasteiger partial charge in [0, 0.05) is 7.43 Å². The predicted octanol–water partition coefficient (Wildman–Crippen LogP) is 0.232. The van der Waals surface area contributed by atoms with E-state index in [-0.39, 0.29) is 7.43 Å². The lowest BCUT2D eigenvalue weighted by Gasteiger charge is -1.76. The van der Waals surface area contributed by atoms with Crippen molar-refractivity contribution < 1.29 is 9.90 Å². The zero-order chi connectivity index (χ0) is 5.86. The molecule has 1 N–H and O–H groups in total. The molecule has 0 fully saturated rings. The molecule has 0 unspecified atom stereocenters. The van der Waals surface area contributed by atoms with Crippen molar-refractivity contribution in [2.45, 2.75) is 0 Å². The molecule has 0 aliphatic heterocycles. The molecule has 0 atom stereocenters. The SMILES string of the molecule is C=C(C#N)C(=O)O.[C]. The molecular weight excluding hydrogens is 106 g/mol. The maximum absolute atomic E-state index is 9.61. The minimum atomic E-state index is -1.26. The van der Waals surface area contributed by atoms with E-state index in [1.54, 1.807) is 0 Å². The van der Waals surface area contributed by atoms with Crippen LogP contribution >= 0.6 is 0 Å². The Labute approximate surface area is 47.9 Å². The molecule has 0 aliphatic rings. The predicted molar refractivity (Wildman–Crippen MR) is 25.6 cm³/mol. The van der Waals surface area contributed by atoms with Crippen molar-refractivity contribution in [1.82, 2.24) is 0 Å². The number of nitrogens with zero attached hydrogens (tertiary/aromatic N) is 1. The minimum Gasteiger partial charge on any atom is -0.477 e. The van der Waals surface area contributed by atoms with Gasteiger partial charge in [-0.3, -0.25) is 0 Å². The van der Waals surface area contributed by atoms with Crippen molar-refractivity contribution in [2.75, 3.05) is 0 Å².